The van der Waals surface area contributed by atoms with E-state index < -0.39 is 11.7 Å². The number of nitrogens with one attached hydrogen (secondary N) is 1. The quantitative estimate of drug-likeness (QED) is 0.592. The zero-order valence-corrected chi connectivity index (χ0v) is 17.2. The van der Waals surface area contributed by atoms with Gasteiger partial charge in [0.1, 0.15) is 5.82 Å². The van der Waals surface area contributed by atoms with Crippen LogP contribution in [0.4, 0.5) is 10.1 Å². The molecular weight excluding hydrogens is 353 g/mol. The Morgan fingerprint density at radius 2 is 2.00 bits per heavy atom. The summed E-state index contributed by atoms with van der Waals surface area (Å²) in [6.07, 6.45) is 2.67. The van der Waals surface area contributed by atoms with Crippen LogP contribution in [0.3, 0.4) is 0 Å². The molecule has 0 bridgehead atoms. The second-order valence-corrected chi connectivity index (χ2v) is 8.38. The van der Waals surface area contributed by atoms with Gasteiger partial charge in [0.2, 0.25) is 0 Å². The predicted molar refractivity (Wildman–Crippen MR) is 113 cm³/mol. The molecule has 4 nitrogen and oxygen atoms in total. The van der Waals surface area contributed by atoms with Crippen LogP contribution in [0.2, 0.25) is 0 Å². The van der Waals surface area contributed by atoms with Crippen molar-refractivity contribution in [1.82, 2.24) is 5.43 Å². The summed E-state index contributed by atoms with van der Waals surface area (Å²) in [6, 6.07) is 12.5. The highest BCUT2D eigenvalue weighted by Gasteiger charge is 2.37. The predicted octanol–water partition coefficient (Wildman–Crippen LogP) is 5.09. The lowest BCUT2D eigenvalue weighted by Crippen LogP contribution is -2.51. The minimum atomic E-state index is -0.562. The van der Waals surface area contributed by atoms with Gasteiger partial charge in [-0.3, -0.25) is 4.79 Å². The minimum absolute atomic E-state index is 0.0199. The Hall–Kier alpha value is -2.69. The Morgan fingerprint density at radius 1 is 1.29 bits per heavy atom. The number of halogens is 1. The van der Waals surface area contributed by atoms with E-state index in [1.165, 1.54) is 23.4 Å². The summed E-state index contributed by atoms with van der Waals surface area (Å²) < 4.78 is 13.7. The number of benzene rings is 2. The number of carbonyl (C=O) groups excluding carboxylic acids is 1. The van der Waals surface area contributed by atoms with Gasteiger partial charge in [-0.15, -0.1) is 0 Å². The van der Waals surface area contributed by atoms with E-state index in [2.05, 4.69) is 62.2 Å². The SMILES string of the molecule is CC1CC(C)(C)N(C(C)C)c2ccc(/C=N/NC(=O)c3ccccc3F)cc21. The van der Waals surface area contributed by atoms with Crippen molar-refractivity contribution in [3.05, 3.63) is 65.0 Å². The first-order valence-electron chi connectivity index (χ1n) is 9.72. The number of nitrogens with zero attached hydrogens (tertiary/aromatic N) is 2. The van der Waals surface area contributed by atoms with Gasteiger partial charge in [-0.2, -0.15) is 5.10 Å². The van der Waals surface area contributed by atoms with E-state index in [0.29, 0.717) is 12.0 Å². The van der Waals surface area contributed by atoms with Crippen LogP contribution in [0, 0.1) is 5.82 Å². The number of hydrazone groups is 1. The maximum atomic E-state index is 13.7. The number of anilines is 1. The largest absolute Gasteiger partial charge is 0.364 e. The Kier molecular flexibility index (Phi) is 5.54. The molecule has 2 aromatic carbocycles. The molecular formula is C23H28FN3O. The first-order chi connectivity index (χ1) is 13.2. The lowest BCUT2D eigenvalue weighted by atomic mass is 9.79. The third kappa shape index (κ3) is 3.93. The molecule has 0 saturated carbocycles. The van der Waals surface area contributed by atoms with Gasteiger partial charge in [-0.1, -0.05) is 25.1 Å². The third-order valence-electron chi connectivity index (χ3n) is 5.31. The van der Waals surface area contributed by atoms with Crippen molar-refractivity contribution in [2.45, 2.75) is 58.5 Å². The molecule has 0 radical (unpaired) electrons. The molecule has 1 aliphatic rings. The van der Waals surface area contributed by atoms with Gasteiger partial charge in [0, 0.05) is 17.3 Å². The van der Waals surface area contributed by atoms with Crippen molar-refractivity contribution in [2.24, 2.45) is 5.10 Å². The number of carbonyl (C=O) groups is 1. The highest BCUT2D eigenvalue weighted by atomic mass is 19.1. The summed E-state index contributed by atoms with van der Waals surface area (Å²) in [4.78, 5) is 14.5. The molecule has 3 rings (SSSR count). The molecule has 5 heteroatoms. The average molecular weight is 381 g/mol. The summed E-state index contributed by atoms with van der Waals surface area (Å²) in [5, 5.41) is 4.01. The van der Waals surface area contributed by atoms with Gasteiger partial charge < -0.3 is 4.90 Å². The first-order valence-corrected chi connectivity index (χ1v) is 9.72. The van der Waals surface area contributed by atoms with Crippen LogP contribution in [0.25, 0.3) is 0 Å². The summed E-state index contributed by atoms with van der Waals surface area (Å²) >= 11 is 0. The number of hydrogen-bond donors (Lipinski definition) is 1. The second-order valence-electron chi connectivity index (χ2n) is 8.38. The zero-order chi connectivity index (χ0) is 20.5. The molecule has 1 unspecified atom stereocenters. The standard InChI is InChI=1S/C23H28FN3O/c1-15(2)27-21-11-10-17(12-19(21)16(3)13-23(27,4)5)14-25-26-22(28)18-8-6-7-9-20(18)24/h6-12,14-16H,13H2,1-5H3,(H,26,28)/b25-14+. The Labute approximate surface area is 166 Å². The molecule has 0 saturated heterocycles. The first kappa shape index (κ1) is 20.1. The fraction of sp³-hybridized carbons (Fsp3) is 0.391. The fourth-order valence-corrected chi connectivity index (χ4v) is 4.40. The summed E-state index contributed by atoms with van der Waals surface area (Å²) in [5.74, 6) is -0.691. The maximum Gasteiger partial charge on any atom is 0.274 e. The van der Waals surface area contributed by atoms with Crippen molar-refractivity contribution >= 4 is 17.8 Å². The maximum absolute atomic E-state index is 13.7. The Morgan fingerprint density at radius 3 is 2.68 bits per heavy atom. The number of rotatable bonds is 4. The Bertz CT molecular complexity index is 904. The molecule has 1 N–H and O–H groups in total. The van der Waals surface area contributed by atoms with E-state index >= 15 is 0 Å². The van der Waals surface area contributed by atoms with Gasteiger partial charge in [-0.05, 0) is 75.4 Å². The topological polar surface area (TPSA) is 44.7 Å². The van der Waals surface area contributed by atoms with E-state index in [1.807, 2.05) is 6.07 Å². The van der Waals surface area contributed by atoms with Gasteiger partial charge in [0.05, 0.1) is 11.8 Å². The van der Waals surface area contributed by atoms with E-state index in [0.717, 1.165) is 12.0 Å². The third-order valence-corrected chi connectivity index (χ3v) is 5.31. The molecule has 1 heterocycles. The molecule has 28 heavy (non-hydrogen) atoms. The fourth-order valence-electron chi connectivity index (χ4n) is 4.40. The van der Waals surface area contributed by atoms with Crippen molar-refractivity contribution in [2.75, 3.05) is 4.90 Å². The molecule has 1 amide bonds. The van der Waals surface area contributed by atoms with Gasteiger partial charge in [0.25, 0.3) is 5.91 Å². The van der Waals surface area contributed by atoms with Crippen molar-refractivity contribution in [3.8, 4) is 0 Å². The second kappa shape index (κ2) is 7.74. The summed E-state index contributed by atoms with van der Waals surface area (Å²) in [6.45, 7) is 11.3. The highest BCUT2D eigenvalue weighted by molar-refractivity contribution is 5.95. The molecule has 1 atom stereocenters. The van der Waals surface area contributed by atoms with Crippen molar-refractivity contribution < 1.29 is 9.18 Å². The van der Waals surface area contributed by atoms with Gasteiger partial charge >= 0.3 is 0 Å². The average Bonchev–Trinajstić information content (AvgIpc) is 2.61. The molecule has 2 aromatic rings. The van der Waals surface area contributed by atoms with E-state index in [9.17, 15) is 9.18 Å². The van der Waals surface area contributed by atoms with Crippen LogP contribution >= 0.6 is 0 Å². The van der Waals surface area contributed by atoms with Crippen LogP contribution < -0.4 is 10.3 Å². The van der Waals surface area contributed by atoms with E-state index in [4.69, 9.17) is 0 Å². The van der Waals surface area contributed by atoms with Crippen LogP contribution in [-0.2, 0) is 0 Å². The van der Waals surface area contributed by atoms with Crippen LogP contribution in [0.15, 0.2) is 47.6 Å². The van der Waals surface area contributed by atoms with E-state index in [-0.39, 0.29) is 11.1 Å². The van der Waals surface area contributed by atoms with E-state index in [1.54, 1.807) is 18.3 Å². The van der Waals surface area contributed by atoms with Gasteiger partial charge in [0.15, 0.2) is 0 Å². The van der Waals surface area contributed by atoms with Crippen molar-refractivity contribution in [3.63, 3.8) is 0 Å². The van der Waals surface area contributed by atoms with Gasteiger partial charge in [-0.25, -0.2) is 9.82 Å². The minimum Gasteiger partial charge on any atom is -0.364 e. The monoisotopic (exact) mass is 381 g/mol. The summed E-state index contributed by atoms with van der Waals surface area (Å²) in [7, 11) is 0. The molecule has 148 valence electrons. The molecule has 0 fully saturated rings. The number of amides is 1. The van der Waals surface area contributed by atoms with Crippen LogP contribution in [0.5, 0.6) is 0 Å². The number of fused-ring (bicyclic) bond motifs is 1. The molecule has 0 aliphatic carbocycles. The summed E-state index contributed by atoms with van der Waals surface area (Å²) in [5.41, 5.74) is 5.93. The Balaban J connectivity index is 1.80. The van der Waals surface area contributed by atoms with Crippen LogP contribution in [-0.4, -0.2) is 23.7 Å². The lowest BCUT2D eigenvalue weighted by Gasteiger charge is -2.50. The highest BCUT2D eigenvalue weighted by Crippen LogP contribution is 2.44. The zero-order valence-electron chi connectivity index (χ0n) is 17.2. The smallest absolute Gasteiger partial charge is 0.274 e. The molecule has 1 aliphatic heterocycles. The molecule has 0 spiro atoms. The lowest BCUT2D eigenvalue weighted by molar-refractivity contribution is 0.0951. The number of hydrogen-bond acceptors (Lipinski definition) is 3. The normalized spacial score (nSPS) is 18.4. The van der Waals surface area contributed by atoms with Crippen LogP contribution in [0.1, 0.15) is 68.4 Å². The van der Waals surface area contributed by atoms with Crippen molar-refractivity contribution in [1.29, 1.82) is 0 Å². The molecule has 0 aromatic heterocycles.